The monoisotopic (exact) mass is 280 g/mol. The van der Waals surface area contributed by atoms with E-state index in [0.29, 0.717) is 24.9 Å². The molecule has 0 saturated carbocycles. The number of hydrogen-bond acceptors (Lipinski definition) is 2. The van der Waals surface area contributed by atoms with Crippen molar-refractivity contribution < 1.29 is 9.59 Å². The number of rotatable bonds is 5. The smallest absolute Gasteiger partial charge is 0.220 e. The van der Waals surface area contributed by atoms with Crippen molar-refractivity contribution in [3.05, 3.63) is 0 Å². The summed E-state index contributed by atoms with van der Waals surface area (Å²) in [6.07, 6.45) is 12.6. The predicted molar refractivity (Wildman–Crippen MR) is 79.3 cm³/mol. The maximum atomic E-state index is 11.5. The van der Waals surface area contributed by atoms with Crippen LogP contribution in [0.2, 0.25) is 0 Å². The van der Waals surface area contributed by atoms with Gasteiger partial charge >= 0.3 is 0 Å². The van der Waals surface area contributed by atoms with Crippen LogP contribution in [-0.4, -0.2) is 23.9 Å². The van der Waals surface area contributed by atoms with Gasteiger partial charge in [-0.3, -0.25) is 9.59 Å². The van der Waals surface area contributed by atoms with Crippen molar-refractivity contribution in [3.8, 4) is 0 Å². The van der Waals surface area contributed by atoms with Gasteiger partial charge in [-0.05, 0) is 38.5 Å². The second-order valence-corrected chi connectivity index (χ2v) is 6.30. The van der Waals surface area contributed by atoms with Gasteiger partial charge in [0.05, 0.1) is 0 Å². The van der Waals surface area contributed by atoms with Crippen LogP contribution in [0.1, 0.15) is 77.0 Å². The summed E-state index contributed by atoms with van der Waals surface area (Å²) in [6, 6.07) is 0.766. The molecule has 2 amide bonds. The van der Waals surface area contributed by atoms with Crippen molar-refractivity contribution in [3.63, 3.8) is 0 Å². The fraction of sp³-hybridized carbons (Fsp3) is 0.875. The fourth-order valence-corrected chi connectivity index (χ4v) is 3.31. The van der Waals surface area contributed by atoms with Gasteiger partial charge in [0, 0.05) is 24.9 Å². The van der Waals surface area contributed by atoms with Crippen molar-refractivity contribution in [2.45, 2.75) is 89.1 Å². The molecule has 20 heavy (non-hydrogen) atoms. The Hall–Kier alpha value is -1.06. The number of amides is 2. The molecule has 0 radical (unpaired) electrons. The molecule has 0 aromatic rings. The standard InChI is InChI=1S/C16H28N2O2/c19-15-11-5-3-9-13(17-15)7-1-2-8-14-10-4-6-12-16(20)18-14/h13-14H,1-12H2,(H,17,19)(H,18,20). The highest BCUT2D eigenvalue weighted by molar-refractivity contribution is 5.76. The number of carbonyl (C=O) groups excluding carboxylic acids is 2. The molecule has 2 unspecified atom stereocenters. The zero-order valence-electron chi connectivity index (χ0n) is 12.5. The summed E-state index contributed by atoms with van der Waals surface area (Å²) < 4.78 is 0. The molecule has 2 saturated heterocycles. The van der Waals surface area contributed by atoms with E-state index in [4.69, 9.17) is 0 Å². The predicted octanol–water partition coefficient (Wildman–Crippen LogP) is 2.66. The van der Waals surface area contributed by atoms with Crippen LogP contribution in [-0.2, 0) is 9.59 Å². The van der Waals surface area contributed by atoms with Gasteiger partial charge in [0.25, 0.3) is 0 Å². The topological polar surface area (TPSA) is 58.2 Å². The average Bonchev–Trinajstić information content (AvgIpc) is 2.75. The molecule has 114 valence electrons. The van der Waals surface area contributed by atoms with E-state index in [-0.39, 0.29) is 11.8 Å². The first-order chi connectivity index (χ1) is 9.74. The van der Waals surface area contributed by atoms with E-state index < -0.39 is 0 Å². The van der Waals surface area contributed by atoms with E-state index in [1.807, 2.05) is 0 Å². The first-order valence-electron chi connectivity index (χ1n) is 8.33. The lowest BCUT2D eigenvalue weighted by molar-refractivity contribution is -0.122. The van der Waals surface area contributed by atoms with E-state index in [2.05, 4.69) is 10.6 Å². The zero-order valence-corrected chi connectivity index (χ0v) is 12.5. The molecule has 4 nitrogen and oxygen atoms in total. The molecule has 2 aliphatic rings. The summed E-state index contributed by atoms with van der Waals surface area (Å²) in [5.74, 6) is 0.451. The highest BCUT2D eigenvalue weighted by atomic mass is 16.2. The first kappa shape index (κ1) is 15.3. The van der Waals surface area contributed by atoms with Gasteiger partial charge < -0.3 is 10.6 Å². The van der Waals surface area contributed by atoms with Gasteiger partial charge in [-0.1, -0.05) is 25.7 Å². The third-order valence-electron chi connectivity index (χ3n) is 4.50. The highest BCUT2D eigenvalue weighted by Crippen LogP contribution is 2.17. The molecule has 2 fully saturated rings. The Balaban J connectivity index is 1.60. The Morgan fingerprint density at radius 1 is 0.750 bits per heavy atom. The van der Waals surface area contributed by atoms with Crippen LogP contribution in [0.4, 0.5) is 0 Å². The maximum absolute atomic E-state index is 11.5. The molecule has 0 bridgehead atoms. The minimum atomic E-state index is 0.225. The van der Waals surface area contributed by atoms with E-state index in [1.54, 1.807) is 0 Å². The molecule has 0 aliphatic carbocycles. The van der Waals surface area contributed by atoms with Crippen LogP contribution in [0.15, 0.2) is 0 Å². The fourth-order valence-electron chi connectivity index (χ4n) is 3.31. The molecule has 2 atom stereocenters. The lowest BCUT2D eigenvalue weighted by Crippen LogP contribution is -2.33. The molecule has 4 heteroatoms. The first-order valence-corrected chi connectivity index (χ1v) is 8.33. The number of carbonyl (C=O) groups is 2. The van der Waals surface area contributed by atoms with Gasteiger partial charge in [0.1, 0.15) is 0 Å². The number of unbranched alkanes of at least 4 members (excludes halogenated alkanes) is 1. The van der Waals surface area contributed by atoms with Crippen LogP contribution in [0.25, 0.3) is 0 Å². The third-order valence-corrected chi connectivity index (χ3v) is 4.50. The molecule has 0 aromatic heterocycles. The summed E-state index contributed by atoms with van der Waals surface area (Å²) in [5, 5.41) is 6.25. The van der Waals surface area contributed by atoms with Crippen LogP contribution in [0.3, 0.4) is 0 Å². The Kier molecular flexibility index (Phi) is 6.34. The largest absolute Gasteiger partial charge is 0.353 e. The van der Waals surface area contributed by atoms with Gasteiger partial charge in [-0.15, -0.1) is 0 Å². The molecule has 2 N–H and O–H groups in total. The molecule has 2 rings (SSSR count). The Labute approximate surface area is 122 Å². The Morgan fingerprint density at radius 3 is 1.65 bits per heavy atom. The van der Waals surface area contributed by atoms with E-state index in [1.165, 1.54) is 12.8 Å². The van der Waals surface area contributed by atoms with Gasteiger partial charge in [0.15, 0.2) is 0 Å². The minimum absolute atomic E-state index is 0.225. The van der Waals surface area contributed by atoms with Crippen molar-refractivity contribution in [1.82, 2.24) is 10.6 Å². The lowest BCUT2D eigenvalue weighted by atomic mass is 10.00. The maximum Gasteiger partial charge on any atom is 0.220 e. The molecular formula is C16H28N2O2. The Morgan fingerprint density at radius 2 is 1.20 bits per heavy atom. The second-order valence-electron chi connectivity index (χ2n) is 6.30. The summed E-state index contributed by atoms with van der Waals surface area (Å²) >= 11 is 0. The molecule has 0 spiro atoms. The minimum Gasteiger partial charge on any atom is -0.353 e. The van der Waals surface area contributed by atoms with E-state index >= 15 is 0 Å². The van der Waals surface area contributed by atoms with Crippen molar-refractivity contribution in [2.75, 3.05) is 0 Å². The molecule has 2 aliphatic heterocycles. The van der Waals surface area contributed by atoms with Gasteiger partial charge in [-0.25, -0.2) is 0 Å². The average molecular weight is 280 g/mol. The van der Waals surface area contributed by atoms with Crippen LogP contribution in [0, 0.1) is 0 Å². The third kappa shape index (κ3) is 5.51. The van der Waals surface area contributed by atoms with Crippen molar-refractivity contribution >= 4 is 11.8 Å². The van der Waals surface area contributed by atoms with Gasteiger partial charge in [-0.2, -0.15) is 0 Å². The SMILES string of the molecule is O=C1CCCCC(CCCCC2CCCCC(=O)N2)N1. The summed E-state index contributed by atoms with van der Waals surface area (Å²) in [7, 11) is 0. The molecule has 0 aromatic carbocycles. The van der Waals surface area contributed by atoms with Crippen LogP contribution in [0.5, 0.6) is 0 Å². The highest BCUT2D eigenvalue weighted by Gasteiger charge is 2.18. The van der Waals surface area contributed by atoms with Gasteiger partial charge in [0.2, 0.25) is 11.8 Å². The Bertz CT molecular complexity index is 298. The lowest BCUT2D eigenvalue weighted by Gasteiger charge is -2.18. The van der Waals surface area contributed by atoms with E-state index in [0.717, 1.165) is 51.4 Å². The van der Waals surface area contributed by atoms with E-state index in [9.17, 15) is 9.59 Å². The van der Waals surface area contributed by atoms with Crippen LogP contribution >= 0.6 is 0 Å². The van der Waals surface area contributed by atoms with Crippen molar-refractivity contribution in [1.29, 1.82) is 0 Å². The molecule has 2 heterocycles. The summed E-state index contributed by atoms with van der Waals surface area (Å²) in [4.78, 5) is 23.0. The van der Waals surface area contributed by atoms with Crippen molar-refractivity contribution in [2.24, 2.45) is 0 Å². The molecular weight excluding hydrogens is 252 g/mol. The van der Waals surface area contributed by atoms with Crippen LogP contribution < -0.4 is 10.6 Å². The summed E-state index contributed by atoms with van der Waals surface area (Å²) in [5.41, 5.74) is 0. The number of nitrogens with one attached hydrogen (secondary N) is 2. The summed E-state index contributed by atoms with van der Waals surface area (Å²) in [6.45, 7) is 0. The second kappa shape index (κ2) is 8.28. The number of hydrogen-bond donors (Lipinski definition) is 2. The zero-order chi connectivity index (χ0) is 14.2. The quantitative estimate of drug-likeness (QED) is 0.761. The normalized spacial score (nSPS) is 28.2.